The Morgan fingerprint density at radius 2 is 2.00 bits per heavy atom. The molecule has 122 valence electrons. The average Bonchev–Trinajstić information content (AvgIpc) is 2.83. The van der Waals surface area contributed by atoms with Gasteiger partial charge in [-0.2, -0.15) is 0 Å². The van der Waals surface area contributed by atoms with Crippen molar-refractivity contribution in [3.63, 3.8) is 0 Å². The molecule has 1 aliphatic rings. The van der Waals surface area contributed by atoms with Crippen molar-refractivity contribution in [1.82, 2.24) is 5.32 Å². The lowest BCUT2D eigenvalue weighted by atomic mass is 10.2. The van der Waals surface area contributed by atoms with Crippen LogP contribution < -0.4 is 10.6 Å². The van der Waals surface area contributed by atoms with Crippen molar-refractivity contribution in [2.24, 2.45) is 0 Å². The molecule has 2 rings (SSSR count). The molecule has 1 aliphatic carbocycles. The van der Waals surface area contributed by atoms with Gasteiger partial charge in [0.15, 0.2) is 0 Å². The van der Waals surface area contributed by atoms with Crippen LogP contribution in [0, 0.1) is 0 Å². The SMILES string of the molecule is CSc1cccc(NC2CCC(NC(=O)OC(C)(C)C)C2)c1. The highest BCUT2D eigenvalue weighted by Crippen LogP contribution is 2.25. The molecule has 22 heavy (non-hydrogen) atoms. The fourth-order valence-corrected chi connectivity index (χ4v) is 3.13. The van der Waals surface area contributed by atoms with E-state index >= 15 is 0 Å². The van der Waals surface area contributed by atoms with Gasteiger partial charge in [0, 0.05) is 22.7 Å². The van der Waals surface area contributed by atoms with Crippen molar-refractivity contribution >= 4 is 23.5 Å². The van der Waals surface area contributed by atoms with E-state index in [-0.39, 0.29) is 12.1 Å². The predicted molar refractivity (Wildman–Crippen MR) is 92.6 cm³/mol. The molecule has 2 N–H and O–H groups in total. The summed E-state index contributed by atoms with van der Waals surface area (Å²) in [5.74, 6) is 0. The molecular weight excluding hydrogens is 296 g/mol. The average molecular weight is 322 g/mol. The second-order valence-corrected chi connectivity index (χ2v) is 7.61. The molecule has 0 saturated heterocycles. The van der Waals surface area contributed by atoms with Gasteiger partial charge in [-0.15, -0.1) is 11.8 Å². The van der Waals surface area contributed by atoms with Gasteiger partial charge in [-0.05, 0) is 64.5 Å². The Hall–Kier alpha value is -1.36. The normalized spacial score (nSPS) is 21.5. The van der Waals surface area contributed by atoms with Gasteiger partial charge in [0.05, 0.1) is 0 Å². The minimum Gasteiger partial charge on any atom is -0.444 e. The number of carbonyl (C=O) groups is 1. The number of thioether (sulfide) groups is 1. The molecule has 1 saturated carbocycles. The molecule has 0 spiro atoms. The van der Waals surface area contributed by atoms with Crippen LogP contribution in [0.4, 0.5) is 10.5 Å². The van der Waals surface area contributed by atoms with E-state index in [1.165, 1.54) is 4.90 Å². The van der Waals surface area contributed by atoms with Gasteiger partial charge in [-0.3, -0.25) is 0 Å². The quantitative estimate of drug-likeness (QED) is 0.813. The lowest BCUT2D eigenvalue weighted by Gasteiger charge is -2.22. The Kier molecular flexibility index (Phi) is 5.62. The predicted octanol–water partition coefficient (Wildman–Crippen LogP) is 4.27. The monoisotopic (exact) mass is 322 g/mol. The Bertz CT molecular complexity index is 514. The second-order valence-electron chi connectivity index (χ2n) is 6.73. The van der Waals surface area contributed by atoms with E-state index in [0.29, 0.717) is 6.04 Å². The molecule has 0 radical (unpaired) electrons. The molecule has 0 aliphatic heterocycles. The van der Waals surface area contributed by atoms with Crippen molar-refractivity contribution in [3.05, 3.63) is 24.3 Å². The summed E-state index contributed by atoms with van der Waals surface area (Å²) in [6, 6.07) is 9.03. The number of nitrogens with one attached hydrogen (secondary N) is 2. The molecule has 1 aromatic rings. The van der Waals surface area contributed by atoms with Crippen molar-refractivity contribution < 1.29 is 9.53 Å². The summed E-state index contributed by atoms with van der Waals surface area (Å²) < 4.78 is 5.31. The maximum atomic E-state index is 11.8. The molecule has 1 fully saturated rings. The van der Waals surface area contributed by atoms with E-state index in [2.05, 4.69) is 41.2 Å². The standard InChI is InChI=1S/C17H26N2O2S/c1-17(2,3)21-16(20)19-14-9-8-13(10-14)18-12-6-5-7-15(11-12)22-4/h5-7,11,13-14,18H,8-10H2,1-4H3,(H,19,20). The van der Waals surface area contributed by atoms with E-state index in [1.807, 2.05) is 20.8 Å². The number of hydrogen-bond acceptors (Lipinski definition) is 4. The van der Waals surface area contributed by atoms with Gasteiger partial charge < -0.3 is 15.4 Å². The zero-order chi connectivity index (χ0) is 16.2. The largest absolute Gasteiger partial charge is 0.444 e. The minimum atomic E-state index is -0.446. The molecule has 2 unspecified atom stereocenters. The van der Waals surface area contributed by atoms with Crippen LogP contribution in [0.3, 0.4) is 0 Å². The molecular formula is C17H26N2O2S. The van der Waals surface area contributed by atoms with E-state index in [0.717, 1.165) is 24.9 Å². The summed E-state index contributed by atoms with van der Waals surface area (Å²) in [6.07, 6.45) is 4.74. The Morgan fingerprint density at radius 3 is 2.68 bits per heavy atom. The highest BCUT2D eigenvalue weighted by Gasteiger charge is 2.27. The zero-order valence-electron chi connectivity index (χ0n) is 13.8. The van der Waals surface area contributed by atoms with E-state index in [1.54, 1.807) is 11.8 Å². The number of alkyl carbamates (subject to hydrolysis) is 1. The third-order valence-electron chi connectivity index (χ3n) is 3.59. The summed E-state index contributed by atoms with van der Waals surface area (Å²) in [7, 11) is 0. The van der Waals surface area contributed by atoms with Crippen LogP contribution >= 0.6 is 11.8 Å². The smallest absolute Gasteiger partial charge is 0.407 e. The highest BCUT2D eigenvalue weighted by atomic mass is 32.2. The van der Waals surface area contributed by atoms with E-state index < -0.39 is 5.60 Å². The summed E-state index contributed by atoms with van der Waals surface area (Å²) in [5.41, 5.74) is 0.702. The number of rotatable bonds is 4. The van der Waals surface area contributed by atoms with E-state index in [4.69, 9.17) is 4.74 Å². The fourth-order valence-electron chi connectivity index (χ4n) is 2.67. The maximum Gasteiger partial charge on any atom is 0.407 e. The number of carbonyl (C=O) groups excluding carboxylic acids is 1. The molecule has 2 atom stereocenters. The van der Waals surface area contributed by atoms with E-state index in [9.17, 15) is 4.79 Å². The van der Waals surface area contributed by atoms with Gasteiger partial charge >= 0.3 is 6.09 Å². The second kappa shape index (κ2) is 7.27. The van der Waals surface area contributed by atoms with Crippen LogP contribution in [0.1, 0.15) is 40.0 Å². The number of ether oxygens (including phenoxy) is 1. The molecule has 1 aromatic carbocycles. The lowest BCUT2D eigenvalue weighted by molar-refractivity contribution is 0.0505. The molecule has 0 aromatic heterocycles. The van der Waals surface area contributed by atoms with Gasteiger partial charge in [-0.1, -0.05) is 6.07 Å². The van der Waals surface area contributed by atoms with Crippen LogP contribution in [0.25, 0.3) is 0 Å². The highest BCUT2D eigenvalue weighted by molar-refractivity contribution is 7.98. The molecule has 1 amide bonds. The van der Waals surface area contributed by atoms with Crippen molar-refractivity contribution in [1.29, 1.82) is 0 Å². The minimum absolute atomic E-state index is 0.191. The molecule has 5 heteroatoms. The van der Waals surface area contributed by atoms with Gasteiger partial charge in [0.25, 0.3) is 0 Å². The van der Waals surface area contributed by atoms with Gasteiger partial charge in [0.1, 0.15) is 5.60 Å². The Morgan fingerprint density at radius 1 is 1.27 bits per heavy atom. The third kappa shape index (κ3) is 5.44. The first kappa shape index (κ1) is 17.0. The summed E-state index contributed by atoms with van der Waals surface area (Å²) in [6.45, 7) is 5.64. The number of anilines is 1. The van der Waals surface area contributed by atoms with Crippen molar-refractivity contribution in [2.45, 2.75) is 62.6 Å². The topological polar surface area (TPSA) is 50.4 Å². The molecule has 4 nitrogen and oxygen atoms in total. The summed E-state index contributed by atoms with van der Waals surface area (Å²) in [4.78, 5) is 13.1. The summed E-state index contributed by atoms with van der Waals surface area (Å²) >= 11 is 1.74. The maximum absolute atomic E-state index is 11.8. The van der Waals surface area contributed by atoms with Gasteiger partial charge in [-0.25, -0.2) is 4.79 Å². The van der Waals surface area contributed by atoms with Crippen molar-refractivity contribution in [2.75, 3.05) is 11.6 Å². The first-order chi connectivity index (χ1) is 10.4. The first-order valence-electron chi connectivity index (χ1n) is 7.76. The number of benzene rings is 1. The van der Waals surface area contributed by atoms with Crippen LogP contribution in [0.5, 0.6) is 0 Å². The zero-order valence-corrected chi connectivity index (χ0v) is 14.6. The Balaban J connectivity index is 1.81. The van der Waals surface area contributed by atoms with Crippen LogP contribution in [0.15, 0.2) is 29.2 Å². The molecule has 0 heterocycles. The number of hydrogen-bond donors (Lipinski definition) is 2. The van der Waals surface area contributed by atoms with Gasteiger partial charge in [0.2, 0.25) is 0 Å². The summed E-state index contributed by atoms with van der Waals surface area (Å²) in [5, 5.41) is 6.53. The Labute approximate surface area is 137 Å². The van der Waals surface area contributed by atoms with Crippen molar-refractivity contribution in [3.8, 4) is 0 Å². The van der Waals surface area contributed by atoms with Crippen LogP contribution in [-0.2, 0) is 4.74 Å². The lowest BCUT2D eigenvalue weighted by Crippen LogP contribution is -2.38. The van der Waals surface area contributed by atoms with Crippen LogP contribution in [-0.4, -0.2) is 30.0 Å². The number of amides is 1. The van der Waals surface area contributed by atoms with Crippen LogP contribution in [0.2, 0.25) is 0 Å². The fraction of sp³-hybridized carbons (Fsp3) is 0.588. The molecule has 0 bridgehead atoms. The third-order valence-corrected chi connectivity index (χ3v) is 4.32. The first-order valence-corrected chi connectivity index (χ1v) is 8.98.